The van der Waals surface area contributed by atoms with Crippen LogP contribution in [0, 0.1) is 0 Å². The summed E-state index contributed by atoms with van der Waals surface area (Å²) in [7, 11) is 0. The van der Waals surface area contributed by atoms with Gasteiger partial charge in [0.1, 0.15) is 25.5 Å². The zero-order chi connectivity index (χ0) is 17.8. The van der Waals surface area contributed by atoms with Gasteiger partial charge >= 0.3 is 5.97 Å². The van der Waals surface area contributed by atoms with Crippen LogP contribution in [0.25, 0.3) is 11.3 Å². The van der Waals surface area contributed by atoms with Crippen molar-refractivity contribution in [3.05, 3.63) is 65.9 Å². The summed E-state index contributed by atoms with van der Waals surface area (Å²) in [5, 5.41) is 3.96. The molecule has 0 amide bonds. The van der Waals surface area contributed by atoms with Crippen molar-refractivity contribution in [2.45, 2.75) is 13.0 Å². The van der Waals surface area contributed by atoms with Gasteiger partial charge in [0.05, 0.1) is 6.42 Å². The Balaban J connectivity index is 1.38. The summed E-state index contributed by atoms with van der Waals surface area (Å²) < 4.78 is 21.7. The van der Waals surface area contributed by atoms with Gasteiger partial charge in [0.2, 0.25) is 0 Å². The Morgan fingerprint density at radius 1 is 1.00 bits per heavy atom. The molecule has 1 aliphatic rings. The van der Waals surface area contributed by atoms with Gasteiger partial charge in [-0.25, -0.2) is 0 Å². The van der Waals surface area contributed by atoms with Crippen LogP contribution in [0.1, 0.15) is 11.3 Å². The Morgan fingerprint density at radius 2 is 1.81 bits per heavy atom. The normalized spacial score (nSPS) is 12.6. The molecule has 3 aromatic rings. The molecule has 1 aromatic heterocycles. The van der Waals surface area contributed by atoms with Crippen molar-refractivity contribution < 1.29 is 23.5 Å². The highest BCUT2D eigenvalue weighted by atomic mass is 16.6. The highest BCUT2D eigenvalue weighted by Crippen LogP contribution is 2.34. The third-order valence-electron chi connectivity index (χ3n) is 3.96. The zero-order valence-corrected chi connectivity index (χ0v) is 14.0. The van der Waals surface area contributed by atoms with Crippen LogP contribution in [0.15, 0.2) is 59.1 Å². The third-order valence-corrected chi connectivity index (χ3v) is 3.96. The zero-order valence-electron chi connectivity index (χ0n) is 14.0. The van der Waals surface area contributed by atoms with Crippen LogP contribution >= 0.6 is 0 Å². The number of hydrogen-bond donors (Lipinski definition) is 0. The average Bonchev–Trinajstić information content (AvgIpc) is 3.16. The van der Waals surface area contributed by atoms with Gasteiger partial charge in [-0.2, -0.15) is 0 Å². The van der Waals surface area contributed by atoms with E-state index in [1.807, 2.05) is 48.5 Å². The molecule has 2 aromatic carbocycles. The SMILES string of the molecule is O=C(Cc1ccccc1)OCc1cc(-c2ccc3c(c2)OCCO3)on1. The summed E-state index contributed by atoms with van der Waals surface area (Å²) in [5.74, 6) is 1.67. The van der Waals surface area contributed by atoms with Crippen molar-refractivity contribution in [1.29, 1.82) is 0 Å². The summed E-state index contributed by atoms with van der Waals surface area (Å²) in [5.41, 5.74) is 2.29. The van der Waals surface area contributed by atoms with Gasteiger partial charge in [0.25, 0.3) is 0 Å². The van der Waals surface area contributed by atoms with Crippen molar-refractivity contribution in [1.82, 2.24) is 5.16 Å². The number of benzene rings is 2. The molecule has 0 saturated carbocycles. The molecular weight excluding hydrogens is 334 g/mol. The molecule has 4 rings (SSSR count). The van der Waals surface area contributed by atoms with Crippen molar-refractivity contribution in [2.75, 3.05) is 13.2 Å². The topological polar surface area (TPSA) is 70.8 Å². The van der Waals surface area contributed by atoms with Crippen LogP contribution in [0.3, 0.4) is 0 Å². The second-order valence-corrected chi connectivity index (χ2v) is 5.86. The van der Waals surface area contributed by atoms with Crippen molar-refractivity contribution in [2.24, 2.45) is 0 Å². The van der Waals surface area contributed by atoms with Gasteiger partial charge < -0.3 is 18.7 Å². The van der Waals surface area contributed by atoms with E-state index in [0.29, 0.717) is 30.4 Å². The summed E-state index contributed by atoms with van der Waals surface area (Å²) in [6.07, 6.45) is 0.230. The lowest BCUT2D eigenvalue weighted by atomic mass is 10.1. The lowest BCUT2D eigenvalue weighted by Gasteiger charge is -2.18. The van der Waals surface area contributed by atoms with E-state index in [9.17, 15) is 4.79 Å². The van der Waals surface area contributed by atoms with Gasteiger partial charge in [0.15, 0.2) is 17.3 Å². The monoisotopic (exact) mass is 351 g/mol. The fourth-order valence-electron chi connectivity index (χ4n) is 2.68. The van der Waals surface area contributed by atoms with Crippen LogP contribution < -0.4 is 9.47 Å². The molecule has 2 heterocycles. The number of aromatic nitrogens is 1. The molecule has 6 heteroatoms. The molecule has 0 saturated heterocycles. The first-order valence-corrected chi connectivity index (χ1v) is 8.33. The smallest absolute Gasteiger partial charge is 0.310 e. The number of esters is 1. The van der Waals surface area contributed by atoms with Crippen LogP contribution in [0.5, 0.6) is 11.5 Å². The van der Waals surface area contributed by atoms with Gasteiger partial charge in [-0.05, 0) is 23.8 Å². The van der Waals surface area contributed by atoms with Gasteiger partial charge in [-0.15, -0.1) is 0 Å². The number of carbonyl (C=O) groups excluding carboxylic acids is 1. The fraction of sp³-hybridized carbons (Fsp3) is 0.200. The first kappa shape index (κ1) is 16.2. The molecule has 0 spiro atoms. The van der Waals surface area contributed by atoms with Gasteiger partial charge in [0, 0.05) is 11.6 Å². The Labute approximate surface area is 150 Å². The van der Waals surface area contributed by atoms with Crippen molar-refractivity contribution in [3.8, 4) is 22.8 Å². The number of nitrogens with zero attached hydrogens (tertiary/aromatic N) is 1. The Morgan fingerprint density at radius 3 is 2.65 bits per heavy atom. The number of carbonyl (C=O) groups is 1. The standard InChI is InChI=1S/C20H17NO5/c22-20(10-14-4-2-1-3-5-14)25-13-16-12-18(26-21-16)15-6-7-17-19(11-15)24-9-8-23-17/h1-7,11-12H,8-10,13H2. The van der Waals surface area contributed by atoms with Crippen molar-refractivity contribution >= 4 is 5.97 Å². The van der Waals surface area contributed by atoms with Crippen LogP contribution in [0.2, 0.25) is 0 Å². The molecule has 6 nitrogen and oxygen atoms in total. The molecule has 0 bridgehead atoms. The minimum atomic E-state index is -0.305. The molecule has 0 fully saturated rings. The number of rotatable bonds is 5. The van der Waals surface area contributed by atoms with E-state index in [-0.39, 0.29) is 19.0 Å². The van der Waals surface area contributed by atoms with Gasteiger partial charge in [-0.1, -0.05) is 35.5 Å². The minimum absolute atomic E-state index is 0.0692. The number of hydrogen-bond acceptors (Lipinski definition) is 6. The summed E-state index contributed by atoms with van der Waals surface area (Å²) >= 11 is 0. The molecule has 0 N–H and O–H groups in total. The van der Waals surface area contributed by atoms with E-state index in [0.717, 1.165) is 16.9 Å². The van der Waals surface area contributed by atoms with E-state index in [1.165, 1.54) is 0 Å². The highest BCUT2D eigenvalue weighted by Gasteiger charge is 2.15. The maximum absolute atomic E-state index is 11.9. The first-order chi connectivity index (χ1) is 12.8. The predicted molar refractivity (Wildman–Crippen MR) is 92.9 cm³/mol. The molecule has 132 valence electrons. The molecule has 0 unspecified atom stereocenters. The van der Waals surface area contributed by atoms with E-state index in [1.54, 1.807) is 6.07 Å². The highest BCUT2D eigenvalue weighted by molar-refractivity contribution is 5.72. The lowest BCUT2D eigenvalue weighted by molar-refractivity contribution is -0.144. The fourth-order valence-corrected chi connectivity index (χ4v) is 2.68. The van der Waals surface area contributed by atoms with Crippen molar-refractivity contribution in [3.63, 3.8) is 0 Å². The van der Waals surface area contributed by atoms with Crippen LogP contribution in [0.4, 0.5) is 0 Å². The molecular formula is C20H17NO5. The molecule has 0 radical (unpaired) electrons. The second-order valence-electron chi connectivity index (χ2n) is 5.86. The largest absolute Gasteiger partial charge is 0.486 e. The average molecular weight is 351 g/mol. The second kappa shape index (κ2) is 7.31. The molecule has 1 aliphatic heterocycles. The number of fused-ring (bicyclic) bond motifs is 1. The summed E-state index contributed by atoms with van der Waals surface area (Å²) in [4.78, 5) is 11.9. The maximum Gasteiger partial charge on any atom is 0.310 e. The molecule has 0 aliphatic carbocycles. The van der Waals surface area contributed by atoms with E-state index < -0.39 is 0 Å². The predicted octanol–water partition coefficient (Wildman–Crippen LogP) is 3.40. The molecule has 0 atom stereocenters. The van der Waals surface area contributed by atoms with Crippen LogP contribution in [-0.2, 0) is 22.6 Å². The van der Waals surface area contributed by atoms with E-state index in [4.69, 9.17) is 18.7 Å². The lowest BCUT2D eigenvalue weighted by Crippen LogP contribution is -2.15. The van der Waals surface area contributed by atoms with Gasteiger partial charge in [-0.3, -0.25) is 4.79 Å². The third kappa shape index (κ3) is 3.69. The quantitative estimate of drug-likeness (QED) is 0.656. The van der Waals surface area contributed by atoms with E-state index >= 15 is 0 Å². The maximum atomic E-state index is 11.9. The van der Waals surface area contributed by atoms with Crippen LogP contribution in [-0.4, -0.2) is 24.3 Å². The number of ether oxygens (including phenoxy) is 3. The Kier molecular flexibility index (Phi) is 4.55. The first-order valence-electron chi connectivity index (χ1n) is 8.33. The summed E-state index contributed by atoms with van der Waals surface area (Å²) in [6.45, 7) is 1.14. The Bertz CT molecular complexity index is 904. The molecule has 26 heavy (non-hydrogen) atoms. The minimum Gasteiger partial charge on any atom is -0.486 e. The van der Waals surface area contributed by atoms with E-state index in [2.05, 4.69) is 5.16 Å². The summed E-state index contributed by atoms with van der Waals surface area (Å²) in [6, 6.07) is 16.8. The Hall–Kier alpha value is -3.28.